The van der Waals surface area contributed by atoms with E-state index in [2.05, 4.69) is 17.3 Å². The predicted molar refractivity (Wildman–Crippen MR) is 112 cm³/mol. The van der Waals surface area contributed by atoms with Crippen molar-refractivity contribution >= 4 is 11.6 Å². The zero-order valence-electron chi connectivity index (χ0n) is 16.1. The third kappa shape index (κ3) is 5.91. The van der Waals surface area contributed by atoms with Crippen LogP contribution in [0.5, 0.6) is 0 Å². The molecule has 2 aromatic carbocycles. The molecule has 0 saturated carbocycles. The van der Waals surface area contributed by atoms with Crippen LogP contribution in [-0.4, -0.2) is 27.9 Å². The molecule has 1 amide bonds. The first-order valence-corrected chi connectivity index (χ1v) is 9.56. The average molecular weight is 374 g/mol. The molecule has 1 atom stereocenters. The van der Waals surface area contributed by atoms with Crippen LogP contribution in [0.15, 0.2) is 72.9 Å². The highest BCUT2D eigenvalue weighted by molar-refractivity contribution is 5.84. The van der Waals surface area contributed by atoms with E-state index >= 15 is 0 Å². The van der Waals surface area contributed by atoms with Crippen molar-refractivity contribution in [2.24, 2.45) is 5.92 Å². The summed E-state index contributed by atoms with van der Waals surface area (Å²) in [6, 6.07) is 21.9. The largest absolute Gasteiger partial charge is 0.354 e. The number of hydrogen-bond donors (Lipinski definition) is 2. The monoisotopic (exact) mass is 374 g/mol. The Morgan fingerprint density at radius 3 is 2.46 bits per heavy atom. The molecule has 0 radical (unpaired) electrons. The molecule has 0 bridgehead atoms. The van der Waals surface area contributed by atoms with Gasteiger partial charge in [0.25, 0.3) is 0 Å². The lowest BCUT2D eigenvalue weighted by Crippen LogP contribution is -2.32. The van der Waals surface area contributed by atoms with Crippen molar-refractivity contribution in [3.63, 3.8) is 0 Å². The number of benzene rings is 2. The number of carbonyl (C=O) groups excluding carboxylic acids is 1. The number of rotatable bonds is 9. The highest BCUT2D eigenvalue weighted by Gasteiger charge is 2.10. The number of amides is 1. The maximum Gasteiger partial charge on any atom is 0.241 e. The molecule has 28 heavy (non-hydrogen) atoms. The van der Waals surface area contributed by atoms with E-state index in [1.165, 1.54) is 0 Å². The Bertz CT molecular complexity index is 903. The van der Waals surface area contributed by atoms with Crippen molar-refractivity contribution in [3.05, 3.63) is 78.5 Å². The van der Waals surface area contributed by atoms with Crippen LogP contribution in [-0.2, 0) is 17.8 Å². The minimum atomic E-state index is -0.0656. The first-order valence-electron chi connectivity index (χ1n) is 9.56. The second-order valence-electron chi connectivity index (χ2n) is 7.14. The highest BCUT2D eigenvalue weighted by Crippen LogP contribution is 2.15. The molecule has 1 heterocycles. The number of aromatic nitrogens is 2. The molecule has 1 unspecified atom stereocenters. The Morgan fingerprint density at radius 1 is 1.07 bits per heavy atom. The first-order chi connectivity index (χ1) is 13.6. The zero-order valence-corrected chi connectivity index (χ0v) is 16.1. The average Bonchev–Trinajstić information content (AvgIpc) is 3.16. The van der Waals surface area contributed by atoms with E-state index in [-0.39, 0.29) is 18.4 Å². The Kier molecular flexibility index (Phi) is 6.73. The molecule has 0 aliphatic rings. The highest BCUT2D eigenvalue weighted by atomic mass is 16.2. The van der Waals surface area contributed by atoms with Crippen molar-refractivity contribution < 1.29 is 4.79 Å². The molecule has 3 aromatic rings. The van der Waals surface area contributed by atoms with E-state index in [9.17, 15) is 4.79 Å². The third-order valence-corrected chi connectivity index (χ3v) is 4.52. The number of nitrogens with one attached hydrogen (secondary N) is 2. The first kappa shape index (κ1) is 19.5. The van der Waals surface area contributed by atoms with Gasteiger partial charge in [0.15, 0.2) is 0 Å². The van der Waals surface area contributed by atoms with E-state index in [1.807, 2.05) is 72.9 Å². The lowest BCUT2D eigenvalue weighted by atomic mass is 9.99. The second kappa shape index (κ2) is 9.65. The van der Waals surface area contributed by atoms with Crippen LogP contribution in [0.25, 0.3) is 11.3 Å². The quantitative estimate of drug-likeness (QED) is 0.557. The van der Waals surface area contributed by atoms with Crippen LogP contribution in [0.4, 0.5) is 0 Å². The van der Waals surface area contributed by atoms with Gasteiger partial charge in [-0.15, -0.1) is 0 Å². The fourth-order valence-corrected chi connectivity index (χ4v) is 3.11. The van der Waals surface area contributed by atoms with Crippen molar-refractivity contribution in [1.29, 1.82) is 5.41 Å². The summed E-state index contributed by atoms with van der Waals surface area (Å²) >= 11 is 0. The summed E-state index contributed by atoms with van der Waals surface area (Å²) in [6.07, 6.45) is 3.16. The predicted octanol–water partition coefficient (Wildman–Crippen LogP) is 3.95. The molecule has 144 valence electrons. The Balaban J connectivity index is 1.41. The van der Waals surface area contributed by atoms with Gasteiger partial charge in [0, 0.05) is 30.4 Å². The molecular formula is C23H26N4O. The van der Waals surface area contributed by atoms with Crippen molar-refractivity contribution in [1.82, 2.24) is 15.1 Å². The molecule has 5 heteroatoms. The minimum absolute atomic E-state index is 0.0656. The maximum atomic E-state index is 12.2. The molecular weight excluding hydrogens is 348 g/mol. The van der Waals surface area contributed by atoms with Gasteiger partial charge in [-0.25, -0.2) is 0 Å². The molecule has 2 N–H and O–H groups in total. The van der Waals surface area contributed by atoms with E-state index < -0.39 is 0 Å². The standard InChI is InChI=1S/C23H26N4O/c1-18(14-21(24)15-19-8-4-2-5-9-19)16-25-23(28)17-27-13-12-22(26-27)20-10-6-3-7-11-20/h2-13,18,24H,14-17H2,1H3,(H,25,28). The number of carbonyl (C=O) groups is 1. The normalized spacial score (nSPS) is 11.8. The molecule has 0 aliphatic heterocycles. The number of nitrogens with zero attached hydrogens (tertiary/aromatic N) is 2. The van der Waals surface area contributed by atoms with Gasteiger partial charge in [0.1, 0.15) is 6.54 Å². The van der Waals surface area contributed by atoms with E-state index in [4.69, 9.17) is 5.41 Å². The van der Waals surface area contributed by atoms with Gasteiger partial charge in [-0.1, -0.05) is 67.6 Å². The van der Waals surface area contributed by atoms with Crippen molar-refractivity contribution in [3.8, 4) is 11.3 Å². The SMILES string of the molecule is CC(CNC(=O)Cn1ccc(-c2ccccc2)n1)CC(=N)Cc1ccccc1. The zero-order chi connectivity index (χ0) is 19.8. The van der Waals surface area contributed by atoms with E-state index in [0.717, 1.165) is 16.8 Å². The Labute approximate surface area is 165 Å². The van der Waals surface area contributed by atoms with Gasteiger partial charge in [0.05, 0.1) is 5.69 Å². The van der Waals surface area contributed by atoms with Gasteiger partial charge in [-0.3, -0.25) is 9.48 Å². The van der Waals surface area contributed by atoms with Gasteiger partial charge in [0.2, 0.25) is 5.91 Å². The smallest absolute Gasteiger partial charge is 0.241 e. The fourth-order valence-electron chi connectivity index (χ4n) is 3.11. The van der Waals surface area contributed by atoms with Gasteiger partial charge in [-0.2, -0.15) is 5.10 Å². The van der Waals surface area contributed by atoms with E-state index in [0.29, 0.717) is 25.1 Å². The van der Waals surface area contributed by atoms with Crippen LogP contribution in [0.3, 0.4) is 0 Å². The number of hydrogen-bond acceptors (Lipinski definition) is 3. The lowest BCUT2D eigenvalue weighted by molar-refractivity contribution is -0.122. The molecule has 0 aliphatic carbocycles. The van der Waals surface area contributed by atoms with Crippen LogP contribution < -0.4 is 5.32 Å². The van der Waals surface area contributed by atoms with Crippen molar-refractivity contribution in [2.45, 2.75) is 26.3 Å². The maximum absolute atomic E-state index is 12.2. The second-order valence-corrected chi connectivity index (χ2v) is 7.14. The van der Waals surface area contributed by atoms with Gasteiger partial charge >= 0.3 is 0 Å². The molecule has 3 rings (SSSR count). The summed E-state index contributed by atoms with van der Waals surface area (Å²) in [6.45, 7) is 2.81. The van der Waals surface area contributed by atoms with Crippen molar-refractivity contribution in [2.75, 3.05) is 6.54 Å². The topological polar surface area (TPSA) is 70.8 Å². The lowest BCUT2D eigenvalue weighted by Gasteiger charge is -2.13. The van der Waals surface area contributed by atoms with Crippen LogP contribution >= 0.6 is 0 Å². The third-order valence-electron chi connectivity index (χ3n) is 4.52. The van der Waals surface area contributed by atoms with Crippen LogP contribution in [0, 0.1) is 11.3 Å². The molecule has 0 spiro atoms. The molecule has 0 saturated heterocycles. The fraction of sp³-hybridized carbons (Fsp3) is 0.261. The Hall–Kier alpha value is -3.21. The van der Waals surface area contributed by atoms with E-state index in [1.54, 1.807) is 4.68 Å². The summed E-state index contributed by atoms with van der Waals surface area (Å²) in [7, 11) is 0. The minimum Gasteiger partial charge on any atom is -0.354 e. The van der Waals surface area contributed by atoms with Gasteiger partial charge in [-0.05, 0) is 24.0 Å². The summed E-state index contributed by atoms with van der Waals surface area (Å²) in [5.74, 6) is 0.154. The summed E-state index contributed by atoms with van der Waals surface area (Å²) in [5, 5.41) is 15.6. The van der Waals surface area contributed by atoms with Crippen LogP contribution in [0.2, 0.25) is 0 Å². The summed E-state index contributed by atoms with van der Waals surface area (Å²) < 4.78 is 1.65. The van der Waals surface area contributed by atoms with Crippen LogP contribution in [0.1, 0.15) is 18.9 Å². The molecule has 0 fully saturated rings. The summed E-state index contributed by atoms with van der Waals surface area (Å²) in [5.41, 5.74) is 3.73. The Morgan fingerprint density at radius 2 is 1.75 bits per heavy atom. The molecule has 5 nitrogen and oxygen atoms in total. The summed E-state index contributed by atoms with van der Waals surface area (Å²) in [4.78, 5) is 12.2. The molecule has 1 aromatic heterocycles. The van der Waals surface area contributed by atoms with Gasteiger partial charge < -0.3 is 10.7 Å².